The molecular weight excluding hydrogens is 309 g/mol. The quantitative estimate of drug-likeness (QED) is 0.897. The highest BCUT2D eigenvalue weighted by molar-refractivity contribution is 7.12. The second-order valence-corrected chi connectivity index (χ2v) is 7.69. The van der Waals surface area contributed by atoms with Gasteiger partial charge >= 0.3 is 12.1 Å². The number of hydrogen-bond acceptors (Lipinski definition) is 4. The van der Waals surface area contributed by atoms with E-state index < -0.39 is 29.9 Å². The second kappa shape index (κ2) is 5.87. The molecule has 2 rings (SSSR count). The standard InChI is InChI=1S/C15H20FNO4S/c1-8-10(13(18)19)6-12(22-8)11-5-9(16)7-17(11)14(20)21-15(2,3)4/h6,9,11H,5,7H2,1-4H3,(H,18,19)/t9-,11+/m1/s1. The molecule has 1 aromatic heterocycles. The lowest BCUT2D eigenvalue weighted by molar-refractivity contribution is 0.0219. The lowest BCUT2D eigenvalue weighted by Gasteiger charge is -2.27. The molecule has 0 unspecified atom stereocenters. The van der Waals surface area contributed by atoms with E-state index in [-0.39, 0.29) is 18.5 Å². The number of rotatable bonds is 2. The van der Waals surface area contributed by atoms with E-state index in [1.165, 1.54) is 22.3 Å². The van der Waals surface area contributed by atoms with Crippen LogP contribution in [0.1, 0.15) is 53.3 Å². The van der Waals surface area contributed by atoms with Gasteiger partial charge in [0.2, 0.25) is 0 Å². The molecule has 1 aliphatic heterocycles. The number of carbonyl (C=O) groups is 2. The molecule has 1 aliphatic rings. The average Bonchev–Trinajstić information content (AvgIpc) is 2.90. The van der Waals surface area contributed by atoms with E-state index in [1.54, 1.807) is 27.7 Å². The Balaban J connectivity index is 2.26. The number of nitrogens with zero attached hydrogens (tertiary/aromatic N) is 1. The van der Waals surface area contributed by atoms with Gasteiger partial charge in [0.1, 0.15) is 11.8 Å². The SMILES string of the molecule is Cc1sc([C@@H]2C[C@@H](F)CN2C(=O)OC(C)(C)C)cc1C(=O)O. The third-order valence-electron chi connectivity index (χ3n) is 3.37. The van der Waals surface area contributed by atoms with Crippen molar-refractivity contribution in [3.63, 3.8) is 0 Å². The number of thiophene rings is 1. The predicted molar refractivity (Wildman–Crippen MR) is 81.2 cm³/mol. The maximum absolute atomic E-state index is 13.8. The van der Waals surface area contributed by atoms with E-state index in [2.05, 4.69) is 0 Å². The highest BCUT2D eigenvalue weighted by atomic mass is 32.1. The number of amides is 1. The number of carbonyl (C=O) groups excluding carboxylic acids is 1. The van der Waals surface area contributed by atoms with Gasteiger partial charge in [-0.05, 0) is 33.8 Å². The van der Waals surface area contributed by atoms with Crippen molar-refractivity contribution in [3.05, 3.63) is 21.4 Å². The molecule has 0 saturated carbocycles. The van der Waals surface area contributed by atoms with Crippen LogP contribution in [0.15, 0.2) is 6.07 Å². The summed E-state index contributed by atoms with van der Waals surface area (Å²) < 4.78 is 19.1. The largest absolute Gasteiger partial charge is 0.478 e. The zero-order valence-corrected chi connectivity index (χ0v) is 13.9. The minimum Gasteiger partial charge on any atom is -0.478 e. The summed E-state index contributed by atoms with van der Waals surface area (Å²) in [5.74, 6) is -1.02. The zero-order chi connectivity index (χ0) is 16.7. The highest BCUT2D eigenvalue weighted by Crippen LogP contribution is 2.39. The van der Waals surface area contributed by atoms with Gasteiger partial charge in [-0.25, -0.2) is 14.0 Å². The molecular formula is C15H20FNO4S. The number of halogens is 1. The third-order valence-corrected chi connectivity index (χ3v) is 4.53. The second-order valence-electron chi connectivity index (χ2n) is 6.41. The topological polar surface area (TPSA) is 66.8 Å². The van der Waals surface area contributed by atoms with Crippen LogP contribution in [0.25, 0.3) is 0 Å². The predicted octanol–water partition coefficient (Wildman–Crippen LogP) is 3.77. The average molecular weight is 329 g/mol. The van der Waals surface area contributed by atoms with Gasteiger partial charge in [0.15, 0.2) is 0 Å². The van der Waals surface area contributed by atoms with Crippen LogP contribution in [-0.4, -0.2) is 40.4 Å². The van der Waals surface area contributed by atoms with E-state index in [1.807, 2.05) is 0 Å². The molecule has 1 aromatic rings. The Morgan fingerprint density at radius 2 is 2.09 bits per heavy atom. The Bertz CT molecular complexity index is 593. The Morgan fingerprint density at radius 1 is 1.45 bits per heavy atom. The summed E-state index contributed by atoms with van der Waals surface area (Å²) in [6.45, 7) is 6.93. The summed E-state index contributed by atoms with van der Waals surface area (Å²) in [6.07, 6.45) is -1.54. The summed E-state index contributed by atoms with van der Waals surface area (Å²) in [7, 11) is 0. The van der Waals surface area contributed by atoms with Crippen molar-refractivity contribution < 1.29 is 23.8 Å². The monoisotopic (exact) mass is 329 g/mol. The van der Waals surface area contributed by atoms with Gasteiger partial charge in [-0.3, -0.25) is 4.90 Å². The minimum absolute atomic E-state index is 0.0288. The molecule has 2 heterocycles. The Hall–Kier alpha value is -1.63. The number of hydrogen-bond donors (Lipinski definition) is 1. The van der Waals surface area contributed by atoms with Gasteiger partial charge in [0.25, 0.3) is 0 Å². The van der Waals surface area contributed by atoms with Gasteiger partial charge in [-0.1, -0.05) is 0 Å². The van der Waals surface area contributed by atoms with Gasteiger partial charge in [0.05, 0.1) is 18.2 Å². The van der Waals surface area contributed by atoms with Crippen molar-refractivity contribution in [3.8, 4) is 0 Å². The summed E-state index contributed by atoms with van der Waals surface area (Å²) in [4.78, 5) is 26.1. The molecule has 1 amide bonds. The van der Waals surface area contributed by atoms with E-state index >= 15 is 0 Å². The molecule has 1 fully saturated rings. The maximum Gasteiger partial charge on any atom is 0.410 e. The fourth-order valence-electron chi connectivity index (χ4n) is 2.46. The number of carboxylic acid groups (broad SMARTS) is 1. The molecule has 7 heteroatoms. The van der Waals surface area contributed by atoms with Crippen molar-refractivity contribution in [1.82, 2.24) is 4.90 Å². The number of likely N-dealkylation sites (tertiary alicyclic amines) is 1. The first-order valence-electron chi connectivity index (χ1n) is 7.06. The van der Waals surface area contributed by atoms with Crippen molar-refractivity contribution in [2.24, 2.45) is 0 Å². The third kappa shape index (κ3) is 3.58. The molecule has 0 radical (unpaired) electrons. The van der Waals surface area contributed by atoms with Crippen LogP contribution in [0.2, 0.25) is 0 Å². The molecule has 122 valence electrons. The van der Waals surface area contributed by atoms with Crippen molar-refractivity contribution in [2.45, 2.75) is 51.9 Å². The van der Waals surface area contributed by atoms with Crippen LogP contribution in [0.3, 0.4) is 0 Å². The Kier molecular flexibility index (Phi) is 4.47. The Labute approximate surface area is 132 Å². The maximum atomic E-state index is 13.8. The fourth-order valence-corrected chi connectivity index (χ4v) is 3.60. The summed E-state index contributed by atoms with van der Waals surface area (Å²) in [6, 6.07) is 1.06. The van der Waals surface area contributed by atoms with Gasteiger partial charge in [-0.2, -0.15) is 0 Å². The van der Waals surface area contributed by atoms with E-state index in [9.17, 15) is 14.0 Å². The zero-order valence-electron chi connectivity index (χ0n) is 13.1. The molecule has 0 bridgehead atoms. The first kappa shape index (κ1) is 16.7. The fraction of sp³-hybridized carbons (Fsp3) is 0.600. The summed E-state index contributed by atoms with van der Waals surface area (Å²) >= 11 is 1.28. The van der Waals surface area contributed by atoms with Gasteiger partial charge in [-0.15, -0.1) is 11.3 Å². The number of carboxylic acids is 1. The highest BCUT2D eigenvalue weighted by Gasteiger charge is 2.39. The number of aromatic carboxylic acids is 1. The lowest BCUT2D eigenvalue weighted by Crippen LogP contribution is -2.36. The molecule has 2 atom stereocenters. The van der Waals surface area contributed by atoms with Crippen LogP contribution < -0.4 is 0 Å². The first-order valence-corrected chi connectivity index (χ1v) is 7.87. The normalized spacial score (nSPS) is 22.0. The van der Waals surface area contributed by atoms with Crippen LogP contribution >= 0.6 is 11.3 Å². The van der Waals surface area contributed by atoms with Crippen molar-refractivity contribution >= 4 is 23.4 Å². The number of ether oxygens (including phenoxy) is 1. The lowest BCUT2D eigenvalue weighted by atomic mass is 10.1. The van der Waals surface area contributed by atoms with Crippen molar-refractivity contribution in [2.75, 3.05) is 6.54 Å². The minimum atomic E-state index is -1.13. The summed E-state index contributed by atoms with van der Waals surface area (Å²) in [5, 5.41) is 9.13. The molecule has 1 N–H and O–H groups in total. The van der Waals surface area contributed by atoms with Gasteiger partial charge < -0.3 is 9.84 Å². The van der Waals surface area contributed by atoms with Gasteiger partial charge in [0, 0.05) is 16.2 Å². The number of aryl methyl sites for hydroxylation is 1. The van der Waals surface area contributed by atoms with Crippen LogP contribution in [0.4, 0.5) is 9.18 Å². The van der Waals surface area contributed by atoms with Crippen LogP contribution in [0, 0.1) is 6.92 Å². The summed E-state index contributed by atoms with van der Waals surface area (Å²) in [5.41, 5.74) is -0.459. The van der Waals surface area contributed by atoms with E-state index in [0.29, 0.717) is 9.75 Å². The van der Waals surface area contributed by atoms with Crippen molar-refractivity contribution in [1.29, 1.82) is 0 Å². The number of alkyl halides is 1. The molecule has 22 heavy (non-hydrogen) atoms. The van der Waals surface area contributed by atoms with Crippen LogP contribution in [-0.2, 0) is 4.74 Å². The Morgan fingerprint density at radius 3 is 2.59 bits per heavy atom. The molecule has 5 nitrogen and oxygen atoms in total. The van der Waals surface area contributed by atoms with E-state index in [4.69, 9.17) is 9.84 Å². The first-order chi connectivity index (χ1) is 10.1. The molecule has 0 aliphatic carbocycles. The molecule has 0 aromatic carbocycles. The van der Waals surface area contributed by atoms with E-state index in [0.717, 1.165) is 0 Å². The molecule has 0 spiro atoms. The molecule has 1 saturated heterocycles. The smallest absolute Gasteiger partial charge is 0.410 e. The van der Waals surface area contributed by atoms with Crippen LogP contribution in [0.5, 0.6) is 0 Å².